The molecule has 0 radical (unpaired) electrons. The summed E-state index contributed by atoms with van der Waals surface area (Å²) in [7, 11) is 3.05. The summed E-state index contributed by atoms with van der Waals surface area (Å²) in [6, 6.07) is 0. The van der Waals surface area contributed by atoms with Gasteiger partial charge < -0.3 is 53.6 Å². The molecule has 0 unspecified atom stereocenters. The molecule has 3 heterocycles. The Labute approximate surface area is 277 Å². The Morgan fingerprint density at radius 3 is 2.23 bits per heavy atom. The van der Waals surface area contributed by atoms with Crippen LogP contribution in [0.1, 0.15) is 86.0 Å². The fourth-order valence-electron chi connectivity index (χ4n) is 11.9. The van der Waals surface area contributed by atoms with Crippen molar-refractivity contribution in [2.45, 2.75) is 171 Å². The molecule has 4 aliphatic carbocycles. The normalized spacial score (nSPS) is 58.6. The summed E-state index contributed by atoms with van der Waals surface area (Å²) in [6.07, 6.45) is -2.44. The highest BCUT2D eigenvalue weighted by Gasteiger charge is 2.90. The number of ether oxygens (including phenoxy) is 7. The monoisotopic (exact) mass is 668 g/mol. The summed E-state index contributed by atoms with van der Waals surface area (Å²) in [6.45, 7) is 9.45. The number of epoxide rings is 1. The van der Waals surface area contributed by atoms with Crippen LogP contribution in [0.4, 0.5) is 0 Å². The van der Waals surface area contributed by atoms with E-state index in [1.807, 2.05) is 13.8 Å². The number of fused-ring (bicyclic) bond motifs is 2. The van der Waals surface area contributed by atoms with Gasteiger partial charge in [-0.05, 0) is 77.0 Å². The molecule has 19 atom stereocenters. The first-order valence-corrected chi connectivity index (χ1v) is 17.8. The quantitative estimate of drug-likeness (QED) is 0.230. The van der Waals surface area contributed by atoms with Crippen LogP contribution >= 0.6 is 0 Å². The Hall–Kier alpha value is -0.770. The van der Waals surface area contributed by atoms with E-state index < -0.39 is 78.0 Å². The van der Waals surface area contributed by atoms with Crippen molar-refractivity contribution in [2.24, 2.45) is 28.6 Å². The lowest BCUT2D eigenvalue weighted by Gasteiger charge is -2.61. The summed E-state index contributed by atoms with van der Waals surface area (Å²) in [5, 5.41) is 44.7. The molecule has 0 bridgehead atoms. The van der Waals surface area contributed by atoms with E-state index in [2.05, 4.69) is 6.92 Å². The summed E-state index contributed by atoms with van der Waals surface area (Å²) >= 11 is 0. The molecule has 7 rings (SSSR count). The van der Waals surface area contributed by atoms with Gasteiger partial charge in [-0.1, -0.05) is 13.8 Å². The number of Topliss-reactive ketones (excluding diaryl/α,β-unsaturated/α-hetero) is 1. The van der Waals surface area contributed by atoms with Crippen molar-refractivity contribution in [2.75, 3.05) is 14.2 Å². The first-order chi connectivity index (χ1) is 22.2. The molecule has 47 heavy (non-hydrogen) atoms. The number of carbonyl (C=O) groups excluding carboxylic acids is 1. The third-order valence-corrected chi connectivity index (χ3v) is 14.3. The highest BCUT2D eigenvalue weighted by atomic mass is 16.7. The van der Waals surface area contributed by atoms with Gasteiger partial charge in [0.1, 0.15) is 41.4 Å². The molecule has 4 N–H and O–H groups in total. The number of aliphatic hydroxyl groups is 4. The van der Waals surface area contributed by atoms with Crippen molar-refractivity contribution < 1.29 is 58.4 Å². The van der Waals surface area contributed by atoms with E-state index in [-0.39, 0.29) is 41.2 Å². The SMILES string of the molecule is CO[C@H]1[C@@H](O)[C@H](O[C@@H]2[C@@H](C)O[C@@H](O[C@@H]3CC[C@@]4(C)[C@H](CC[C@@]56O[C@@]57CC[C@H](C(C)=O)[C@@]7(C)[C@H](O)[C@@H](O)[C@H]46)C3)C[C@H]2OC)O[C@H](C)[C@H]1O. The van der Waals surface area contributed by atoms with Crippen LogP contribution in [-0.2, 0) is 38.0 Å². The van der Waals surface area contributed by atoms with Crippen molar-refractivity contribution >= 4 is 5.78 Å². The van der Waals surface area contributed by atoms with E-state index in [0.717, 1.165) is 38.5 Å². The Kier molecular flexibility index (Phi) is 8.78. The zero-order valence-electron chi connectivity index (χ0n) is 28.9. The number of hydrogen-bond acceptors (Lipinski definition) is 12. The molecule has 0 aromatic carbocycles. The van der Waals surface area contributed by atoms with E-state index in [0.29, 0.717) is 12.8 Å². The van der Waals surface area contributed by atoms with Crippen molar-refractivity contribution in [3.63, 3.8) is 0 Å². The van der Waals surface area contributed by atoms with Crippen LogP contribution in [0.5, 0.6) is 0 Å². The molecule has 7 aliphatic rings. The van der Waals surface area contributed by atoms with E-state index in [1.165, 1.54) is 7.11 Å². The summed E-state index contributed by atoms with van der Waals surface area (Å²) in [5.74, 6) is -0.163. The average molecular weight is 669 g/mol. The molecule has 12 heteroatoms. The number of methoxy groups -OCH3 is 2. The lowest BCUT2D eigenvalue weighted by molar-refractivity contribution is -0.343. The molecule has 3 aliphatic heterocycles. The number of aliphatic hydroxyl groups excluding tert-OH is 4. The Morgan fingerprint density at radius 1 is 0.809 bits per heavy atom. The van der Waals surface area contributed by atoms with Crippen molar-refractivity contribution in [3.05, 3.63) is 0 Å². The Morgan fingerprint density at radius 2 is 1.55 bits per heavy atom. The van der Waals surface area contributed by atoms with Crippen molar-refractivity contribution in [1.82, 2.24) is 0 Å². The van der Waals surface area contributed by atoms with Gasteiger partial charge in [0.05, 0.1) is 36.6 Å². The molecular weight excluding hydrogens is 612 g/mol. The predicted octanol–water partition coefficient (Wildman–Crippen LogP) is 1.85. The van der Waals surface area contributed by atoms with Crippen LogP contribution in [0.2, 0.25) is 0 Å². The molecule has 0 aromatic heterocycles. The van der Waals surface area contributed by atoms with E-state index >= 15 is 0 Å². The molecule has 268 valence electrons. The summed E-state index contributed by atoms with van der Waals surface area (Å²) in [4.78, 5) is 12.7. The minimum Gasteiger partial charge on any atom is -0.390 e. The highest BCUT2D eigenvalue weighted by Crippen LogP contribution is 2.81. The van der Waals surface area contributed by atoms with Crippen LogP contribution in [0, 0.1) is 28.6 Å². The van der Waals surface area contributed by atoms with Crippen LogP contribution in [0.25, 0.3) is 0 Å². The van der Waals surface area contributed by atoms with Gasteiger partial charge in [-0.2, -0.15) is 0 Å². The fraction of sp³-hybridized carbons (Fsp3) is 0.971. The van der Waals surface area contributed by atoms with E-state index in [4.69, 9.17) is 33.2 Å². The second-order valence-electron chi connectivity index (χ2n) is 16.3. The van der Waals surface area contributed by atoms with Gasteiger partial charge in [-0.3, -0.25) is 4.79 Å². The number of rotatable bonds is 7. The first-order valence-electron chi connectivity index (χ1n) is 17.8. The van der Waals surface area contributed by atoms with Gasteiger partial charge in [0.25, 0.3) is 0 Å². The topological polar surface area (TPSA) is 166 Å². The van der Waals surface area contributed by atoms with Crippen LogP contribution in [-0.4, -0.2) is 125 Å². The number of ketones is 1. The van der Waals surface area contributed by atoms with Gasteiger partial charge in [0.2, 0.25) is 0 Å². The minimum atomic E-state index is -1.19. The molecule has 7 fully saturated rings. The summed E-state index contributed by atoms with van der Waals surface area (Å²) < 4.78 is 43.0. The predicted molar refractivity (Wildman–Crippen MR) is 165 cm³/mol. The largest absolute Gasteiger partial charge is 0.390 e. The molecule has 2 spiro atoms. The molecular formula is C35H56O12. The van der Waals surface area contributed by atoms with Gasteiger partial charge >= 0.3 is 0 Å². The second-order valence-corrected chi connectivity index (χ2v) is 16.3. The van der Waals surface area contributed by atoms with Gasteiger partial charge in [-0.15, -0.1) is 0 Å². The van der Waals surface area contributed by atoms with Gasteiger partial charge in [0, 0.05) is 37.9 Å². The minimum absolute atomic E-state index is 0.0406. The standard InChI is InChI=1S/C35H56O12/c1-16(36)21-10-13-35-33(21,5)30(40)26(39)29-32(4)11-9-20(14-19(32)8-12-34(29,35)47-35)45-23-15-22(41-6)27(18(3)43-23)46-31-25(38)28(42-7)24(37)17(2)44-31/h17-31,37-40H,8-15H2,1-7H3/t17-,18-,19-,20-,21-,22-,23+,24-,25-,26+,27-,28-,29-,30-,31+,32+,33+,34+,35-/m1/s1. The zero-order valence-corrected chi connectivity index (χ0v) is 28.9. The molecule has 3 saturated heterocycles. The maximum absolute atomic E-state index is 12.7. The van der Waals surface area contributed by atoms with Crippen molar-refractivity contribution in [3.8, 4) is 0 Å². The fourth-order valence-corrected chi connectivity index (χ4v) is 11.9. The van der Waals surface area contributed by atoms with Gasteiger partial charge in [-0.25, -0.2) is 0 Å². The van der Waals surface area contributed by atoms with Crippen LogP contribution in [0.3, 0.4) is 0 Å². The van der Waals surface area contributed by atoms with E-state index in [1.54, 1.807) is 21.0 Å². The number of carbonyl (C=O) groups is 1. The Balaban J connectivity index is 1.01. The molecule has 0 amide bonds. The molecule has 4 saturated carbocycles. The van der Waals surface area contributed by atoms with Gasteiger partial charge in [0.15, 0.2) is 12.6 Å². The highest BCUT2D eigenvalue weighted by molar-refractivity contribution is 5.80. The average Bonchev–Trinajstić information content (AvgIpc) is 3.57. The van der Waals surface area contributed by atoms with Crippen LogP contribution < -0.4 is 0 Å². The molecule has 0 aromatic rings. The maximum Gasteiger partial charge on any atom is 0.187 e. The Bertz CT molecular complexity index is 1200. The third kappa shape index (κ3) is 4.76. The smallest absolute Gasteiger partial charge is 0.187 e. The lowest BCUT2D eigenvalue weighted by Crippen LogP contribution is -2.69. The number of hydrogen-bond donors (Lipinski definition) is 4. The zero-order chi connectivity index (χ0) is 33.8. The first kappa shape index (κ1) is 34.7. The third-order valence-electron chi connectivity index (χ3n) is 14.3. The lowest BCUT2D eigenvalue weighted by atomic mass is 9.43. The second kappa shape index (κ2) is 11.9. The molecule has 12 nitrogen and oxygen atoms in total. The van der Waals surface area contributed by atoms with E-state index in [9.17, 15) is 25.2 Å². The summed E-state index contributed by atoms with van der Waals surface area (Å²) in [5.41, 5.74) is -2.07. The van der Waals surface area contributed by atoms with Crippen molar-refractivity contribution in [1.29, 1.82) is 0 Å². The maximum atomic E-state index is 12.7. The van der Waals surface area contributed by atoms with Crippen LogP contribution in [0.15, 0.2) is 0 Å².